The molecule has 59 heavy (non-hydrogen) atoms. The minimum absolute atomic E-state index is 0.0253. The van der Waals surface area contributed by atoms with Crippen molar-refractivity contribution in [1.82, 2.24) is 29.4 Å². The van der Waals surface area contributed by atoms with E-state index >= 15 is 0 Å². The lowest BCUT2D eigenvalue weighted by Gasteiger charge is -2.42. The monoisotopic (exact) mass is 833 g/mol. The second-order valence-electron chi connectivity index (χ2n) is 24.2. The van der Waals surface area contributed by atoms with Crippen LogP contribution in [-0.4, -0.2) is 140 Å². The van der Waals surface area contributed by atoms with E-state index < -0.39 is 0 Å². The summed E-state index contributed by atoms with van der Waals surface area (Å²) in [6.07, 6.45) is 18.9. The van der Waals surface area contributed by atoms with Crippen molar-refractivity contribution in [3.8, 4) is 0 Å². The predicted octanol–water partition coefficient (Wildman–Crippen LogP) is 11.5. The van der Waals surface area contributed by atoms with Crippen LogP contribution in [-0.2, 0) is 9.59 Å². The highest BCUT2D eigenvalue weighted by Gasteiger charge is 2.30. The lowest BCUT2D eigenvalue weighted by atomic mass is 10.0. The van der Waals surface area contributed by atoms with E-state index in [1.165, 1.54) is 123 Å². The SMILES string of the molecule is CC(C)(C)N1CCC1.CC(C)(C)N1CCCC1.CC(C)(C)N1CCCC1=O.CC(C)(C)N1CCCCC1.CC(C)(C)N1CCCCC1=O.CC(C)(C)N1CCCCCC1. The summed E-state index contributed by atoms with van der Waals surface area (Å²) in [4.78, 5) is 36.7. The maximum Gasteiger partial charge on any atom is 0.223 e. The molecule has 6 fully saturated rings. The number of nitrogens with zero attached hydrogens (tertiary/aromatic N) is 6. The maximum atomic E-state index is 11.4. The first-order chi connectivity index (χ1) is 27.0. The van der Waals surface area contributed by atoms with E-state index in [1.54, 1.807) is 0 Å². The first-order valence-electron chi connectivity index (χ1n) is 24.6. The fourth-order valence-electron chi connectivity index (χ4n) is 8.55. The lowest BCUT2D eigenvalue weighted by Crippen LogP contribution is -2.49. The Labute approximate surface area is 369 Å². The Morgan fingerprint density at radius 3 is 0.678 bits per heavy atom. The molecule has 0 bridgehead atoms. The minimum atomic E-state index is 0.0253. The van der Waals surface area contributed by atoms with Crippen LogP contribution in [0, 0.1) is 0 Å². The molecule has 8 heteroatoms. The average molecular weight is 833 g/mol. The number of amides is 2. The molecule has 6 aliphatic rings. The highest BCUT2D eigenvalue weighted by Crippen LogP contribution is 2.24. The summed E-state index contributed by atoms with van der Waals surface area (Å²) >= 11 is 0. The van der Waals surface area contributed by atoms with Crippen LogP contribution >= 0.6 is 0 Å². The summed E-state index contributed by atoms with van der Waals surface area (Å²) in [7, 11) is 0. The molecule has 0 aromatic heterocycles. The summed E-state index contributed by atoms with van der Waals surface area (Å²) in [6.45, 7) is 52.4. The topological polar surface area (TPSA) is 53.6 Å². The van der Waals surface area contributed by atoms with E-state index in [0.29, 0.717) is 34.0 Å². The molecule has 0 N–H and O–H groups in total. The Morgan fingerprint density at radius 1 is 0.254 bits per heavy atom. The normalized spacial score (nSPS) is 22.1. The van der Waals surface area contributed by atoms with Gasteiger partial charge in [0.05, 0.1) is 0 Å². The third-order valence-corrected chi connectivity index (χ3v) is 12.7. The molecule has 8 nitrogen and oxygen atoms in total. The molecular formula is C51H104N6O2. The number of piperidine rings is 2. The molecule has 0 atom stereocenters. The molecule has 6 saturated heterocycles. The van der Waals surface area contributed by atoms with E-state index in [0.717, 1.165) is 38.8 Å². The van der Waals surface area contributed by atoms with Crippen molar-refractivity contribution < 1.29 is 9.59 Å². The summed E-state index contributed by atoms with van der Waals surface area (Å²) in [6, 6.07) is 0. The van der Waals surface area contributed by atoms with Crippen LogP contribution in [0.1, 0.15) is 221 Å². The van der Waals surface area contributed by atoms with Crippen LogP contribution in [0.4, 0.5) is 0 Å². The summed E-state index contributed by atoms with van der Waals surface area (Å²) < 4.78 is 0. The first-order valence-corrected chi connectivity index (χ1v) is 24.6. The Morgan fingerprint density at radius 2 is 0.475 bits per heavy atom. The number of rotatable bonds is 0. The van der Waals surface area contributed by atoms with Gasteiger partial charge < -0.3 is 9.80 Å². The van der Waals surface area contributed by atoms with Gasteiger partial charge in [0.2, 0.25) is 11.8 Å². The average Bonchev–Trinajstić information content (AvgIpc) is 3.70. The van der Waals surface area contributed by atoms with Gasteiger partial charge in [-0.2, -0.15) is 0 Å². The van der Waals surface area contributed by atoms with Crippen molar-refractivity contribution in [2.45, 2.75) is 254 Å². The van der Waals surface area contributed by atoms with Crippen LogP contribution in [0.25, 0.3) is 0 Å². The largest absolute Gasteiger partial charge is 0.338 e. The molecule has 6 rings (SSSR count). The van der Waals surface area contributed by atoms with Gasteiger partial charge in [0.1, 0.15) is 0 Å². The van der Waals surface area contributed by atoms with Crippen molar-refractivity contribution in [3.63, 3.8) is 0 Å². The molecule has 0 unspecified atom stereocenters. The van der Waals surface area contributed by atoms with Gasteiger partial charge in [-0.05, 0) is 241 Å². The fourth-order valence-corrected chi connectivity index (χ4v) is 8.55. The van der Waals surface area contributed by atoms with Crippen LogP contribution in [0.5, 0.6) is 0 Å². The van der Waals surface area contributed by atoms with Crippen molar-refractivity contribution in [2.24, 2.45) is 0 Å². The van der Waals surface area contributed by atoms with E-state index in [2.05, 4.69) is 144 Å². The molecule has 0 saturated carbocycles. The van der Waals surface area contributed by atoms with Gasteiger partial charge in [0.15, 0.2) is 0 Å². The van der Waals surface area contributed by atoms with Gasteiger partial charge in [0.25, 0.3) is 0 Å². The molecule has 0 aliphatic carbocycles. The Hall–Kier alpha value is -1.22. The van der Waals surface area contributed by atoms with Gasteiger partial charge in [0, 0.05) is 59.2 Å². The summed E-state index contributed by atoms with van der Waals surface area (Å²) in [5, 5.41) is 0. The van der Waals surface area contributed by atoms with Crippen LogP contribution in [0.15, 0.2) is 0 Å². The van der Waals surface area contributed by atoms with E-state index in [1.807, 2.05) is 9.80 Å². The Bertz CT molecular complexity index is 1140. The number of carbonyl (C=O) groups is 2. The van der Waals surface area contributed by atoms with E-state index in [4.69, 9.17) is 0 Å². The molecule has 2 amide bonds. The highest BCUT2D eigenvalue weighted by molar-refractivity contribution is 5.78. The third kappa shape index (κ3) is 23.2. The van der Waals surface area contributed by atoms with Gasteiger partial charge in [-0.3, -0.25) is 29.2 Å². The zero-order valence-electron chi connectivity index (χ0n) is 43.2. The molecule has 6 heterocycles. The van der Waals surface area contributed by atoms with Crippen molar-refractivity contribution in [1.29, 1.82) is 0 Å². The van der Waals surface area contributed by atoms with Crippen molar-refractivity contribution in [3.05, 3.63) is 0 Å². The summed E-state index contributed by atoms with van der Waals surface area (Å²) in [5.41, 5.74) is 1.70. The lowest BCUT2D eigenvalue weighted by molar-refractivity contribution is -0.138. The molecular weight excluding hydrogens is 729 g/mol. The molecule has 6 aliphatic heterocycles. The molecule has 0 aromatic rings. The van der Waals surface area contributed by atoms with E-state index in [9.17, 15) is 9.59 Å². The van der Waals surface area contributed by atoms with Gasteiger partial charge >= 0.3 is 0 Å². The second kappa shape index (κ2) is 25.2. The van der Waals surface area contributed by atoms with Gasteiger partial charge in [-0.15, -0.1) is 0 Å². The van der Waals surface area contributed by atoms with Crippen LogP contribution < -0.4 is 0 Å². The Balaban J connectivity index is 0.000000355. The number of hydrogen-bond acceptors (Lipinski definition) is 6. The van der Waals surface area contributed by atoms with E-state index in [-0.39, 0.29) is 11.1 Å². The summed E-state index contributed by atoms with van der Waals surface area (Å²) in [5.74, 6) is 0.635. The Kier molecular flexibility index (Phi) is 23.8. The zero-order chi connectivity index (χ0) is 45.3. The van der Waals surface area contributed by atoms with Crippen LogP contribution in [0.3, 0.4) is 0 Å². The number of hydrogen-bond donors (Lipinski definition) is 0. The van der Waals surface area contributed by atoms with Gasteiger partial charge in [-0.25, -0.2) is 0 Å². The molecule has 0 aromatic carbocycles. The standard InChI is InChI=1S/C10H21N.C9H17NO.C9H19N.C8H15NO.C8H17N.C7H15N/c1-10(2,3)11-8-6-4-5-7-9-11;1-9(2,3)10-7-5-4-6-8(10)11;1-9(2,3)10-7-5-4-6-8-10;1-8(2,3)9-6-4-5-7(9)10;1-8(2,3)9-6-4-5-7-9;1-7(2,3)8-5-4-6-8/h4-9H2,1-3H3;4-7H2,1-3H3;4-8H2,1-3H3;4-6H2,1-3H3;4-7H2,1-3H3;4-6H2,1-3H3. The number of likely N-dealkylation sites (tertiary alicyclic amines) is 6. The van der Waals surface area contributed by atoms with Crippen molar-refractivity contribution >= 4 is 11.8 Å². The number of carbonyl (C=O) groups excluding carboxylic acids is 2. The zero-order valence-corrected chi connectivity index (χ0v) is 43.2. The second-order valence-corrected chi connectivity index (χ2v) is 24.2. The fraction of sp³-hybridized carbons (Fsp3) is 0.961. The minimum Gasteiger partial charge on any atom is -0.338 e. The smallest absolute Gasteiger partial charge is 0.223 e. The molecule has 0 spiro atoms. The van der Waals surface area contributed by atoms with Gasteiger partial charge in [-0.1, -0.05) is 19.3 Å². The van der Waals surface area contributed by atoms with Crippen molar-refractivity contribution in [2.75, 3.05) is 65.4 Å². The molecule has 0 radical (unpaired) electrons. The quantitative estimate of drug-likeness (QED) is 0.242. The first kappa shape index (κ1) is 55.8. The maximum absolute atomic E-state index is 11.4. The molecule has 350 valence electrons. The third-order valence-electron chi connectivity index (χ3n) is 12.7. The highest BCUT2D eigenvalue weighted by atomic mass is 16.2. The van der Waals surface area contributed by atoms with Crippen LogP contribution in [0.2, 0.25) is 0 Å². The predicted molar refractivity (Wildman–Crippen MR) is 257 cm³/mol.